The van der Waals surface area contributed by atoms with E-state index in [1.54, 1.807) is 23.9 Å². The zero-order chi connectivity index (χ0) is 20.8. The van der Waals surface area contributed by atoms with Crippen LogP contribution in [0.3, 0.4) is 0 Å². The van der Waals surface area contributed by atoms with Crippen LogP contribution in [0.5, 0.6) is 0 Å². The van der Waals surface area contributed by atoms with E-state index in [9.17, 15) is 9.59 Å². The highest BCUT2D eigenvalue weighted by Gasteiger charge is 2.09. The average Bonchev–Trinajstić information content (AvgIpc) is 3.13. The molecule has 3 aromatic rings. The quantitative estimate of drug-likeness (QED) is 0.596. The first kappa shape index (κ1) is 20.0. The monoisotopic (exact) mass is 393 g/mol. The maximum Gasteiger partial charge on any atom is 0.319 e. The SMILES string of the molecule is CC(C)C(=O)Nc1ccc(CNC(=O)Nc2cccc(-c3nnnn3C)c2)cc1. The first-order valence-corrected chi connectivity index (χ1v) is 9.20. The lowest BCUT2D eigenvalue weighted by Gasteiger charge is -2.10. The second kappa shape index (κ2) is 8.96. The van der Waals surface area contributed by atoms with E-state index in [2.05, 4.69) is 31.5 Å². The van der Waals surface area contributed by atoms with Gasteiger partial charge in [-0.3, -0.25) is 4.79 Å². The van der Waals surface area contributed by atoms with Crippen LogP contribution in [0, 0.1) is 5.92 Å². The van der Waals surface area contributed by atoms with E-state index in [1.807, 2.05) is 50.2 Å². The third kappa shape index (κ3) is 5.38. The summed E-state index contributed by atoms with van der Waals surface area (Å²) >= 11 is 0. The molecular formula is C20H23N7O2. The second-order valence-corrected chi connectivity index (χ2v) is 6.86. The normalized spacial score (nSPS) is 10.6. The van der Waals surface area contributed by atoms with Gasteiger partial charge in [0.15, 0.2) is 5.82 Å². The number of urea groups is 1. The Kier molecular flexibility index (Phi) is 6.18. The highest BCUT2D eigenvalue weighted by molar-refractivity contribution is 5.92. The summed E-state index contributed by atoms with van der Waals surface area (Å²) in [5.41, 5.74) is 3.08. The van der Waals surface area contributed by atoms with Crippen molar-refractivity contribution in [1.29, 1.82) is 0 Å². The van der Waals surface area contributed by atoms with Crippen LogP contribution in [0.4, 0.5) is 16.2 Å². The zero-order valence-electron chi connectivity index (χ0n) is 16.5. The highest BCUT2D eigenvalue weighted by Crippen LogP contribution is 2.19. The molecule has 1 heterocycles. The summed E-state index contributed by atoms with van der Waals surface area (Å²) in [5.74, 6) is 0.497. The summed E-state index contributed by atoms with van der Waals surface area (Å²) in [7, 11) is 1.75. The number of amides is 3. The van der Waals surface area contributed by atoms with Gasteiger partial charge in [0, 0.05) is 36.4 Å². The molecule has 0 unspecified atom stereocenters. The minimum absolute atomic E-state index is 0.0328. The predicted octanol–water partition coefficient (Wildman–Crippen LogP) is 2.79. The zero-order valence-corrected chi connectivity index (χ0v) is 16.5. The van der Waals surface area contributed by atoms with Crippen LogP contribution in [0.2, 0.25) is 0 Å². The lowest BCUT2D eigenvalue weighted by molar-refractivity contribution is -0.118. The summed E-state index contributed by atoms with van der Waals surface area (Å²) in [5, 5.41) is 19.8. The highest BCUT2D eigenvalue weighted by atomic mass is 16.2. The summed E-state index contributed by atoms with van der Waals surface area (Å²) < 4.78 is 1.56. The van der Waals surface area contributed by atoms with Crippen molar-refractivity contribution in [2.45, 2.75) is 20.4 Å². The van der Waals surface area contributed by atoms with Gasteiger partial charge in [0.05, 0.1) is 0 Å². The Morgan fingerprint density at radius 3 is 2.45 bits per heavy atom. The molecule has 29 heavy (non-hydrogen) atoms. The van der Waals surface area contributed by atoms with E-state index in [0.717, 1.165) is 16.8 Å². The largest absolute Gasteiger partial charge is 0.334 e. The molecule has 0 atom stereocenters. The molecule has 9 heteroatoms. The van der Waals surface area contributed by atoms with E-state index < -0.39 is 0 Å². The van der Waals surface area contributed by atoms with E-state index in [4.69, 9.17) is 0 Å². The number of hydrogen-bond donors (Lipinski definition) is 3. The van der Waals surface area contributed by atoms with Gasteiger partial charge in [-0.05, 0) is 40.3 Å². The number of nitrogens with zero attached hydrogens (tertiary/aromatic N) is 4. The number of anilines is 2. The van der Waals surface area contributed by atoms with Crippen molar-refractivity contribution < 1.29 is 9.59 Å². The van der Waals surface area contributed by atoms with E-state index in [0.29, 0.717) is 18.1 Å². The van der Waals surface area contributed by atoms with E-state index in [-0.39, 0.29) is 17.9 Å². The number of carbonyl (C=O) groups is 2. The number of aromatic nitrogens is 4. The Labute approximate surface area is 168 Å². The summed E-state index contributed by atoms with van der Waals surface area (Å²) in [6.45, 7) is 4.04. The number of rotatable bonds is 6. The number of tetrazole rings is 1. The maximum atomic E-state index is 12.2. The Bertz CT molecular complexity index is 996. The molecule has 0 fully saturated rings. The Hall–Kier alpha value is -3.75. The van der Waals surface area contributed by atoms with E-state index >= 15 is 0 Å². The third-order valence-corrected chi connectivity index (χ3v) is 4.20. The standard InChI is InChI=1S/C20H23N7O2/c1-13(2)19(28)22-16-9-7-14(8-10-16)12-21-20(29)23-17-6-4-5-15(11-17)18-24-25-26-27(18)3/h4-11,13H,12H2,1-3H3,(H,22,28)(H2,21,23,29). The molecule has 1 aromatic heterocycles. The van der Waals surface area contributed by atoms with Crippen LogP contribution in [-0.2, 0) is 18.4 Å². The van der Waals surface area contributed by atoms with Crippen molar-refractivity contribution >= 4 is 23.3 Å². The summed E-state index contributed by atoms with van der Waals surface area (Å²) in [6.07, 6.45) is 0. The molecule has 0 aliphatic rings. The van der Waals surface area contributed by atoms with Crippen molar-refractivity contribution in [2.75, 3.05) is 10.6 Å². The van der Waals surface area contributed by atoms with Gasteiger partial charge in [-0.1, -0.05) is 38.1 Å². The smallest absolute Gasteiger partial charge is 0.319 e. The lowest BCUT2D eigenvalue weighted by atomic mass is 10.1. The molecule has 0 radical (unpaired) electrons. The minimum atomic E-state index is -0.324. The Balaban J connectivity index is 1.54. The molecule has 0 aliphatic carbocycles. The maximum absolute atomic E-state index is 12.2. The van der Waals surface area contributed by atoms with Gasteiger partial charge >= 0.3 is 6.03 Å². The molecule has 0 spiro atoms. The molecular weight excluding hydrogens is 370 g/mol. The fourth-order valence-corrected chi connectivity index (χ4v) is 2.56. The van der Waals surface area contributed by atoms with Crippen LogP contribution < -0.4 is 16.0 Å². The van der Waals surface area contributed by atoms with Gasteiger partial charge in [-0.25, -0.2) is 9.48 Å². The Morgan fingerprint density at radius 2 is 1.79 bits per heavy atom. The molecule has 2 aromatic carbocycles. The molecule has 0 aliphatic heterocycles. The number of nitrogens with one attached hydrogen (secondary N) is 3. The number of hydrogen-bond acceptors (Lipinski definition) is 5. The molecule has 3 amide bonds. The van der Waals surface area contributed by atoms with Gasteiger partial charge in [0.2, 0.25) is 5.91 Å². The van der Waals surface area contributed by atoms with Crippen LogP contribution in [0.15, 0.2) is 48.5 Å². The van der Waals surface area contributed by atoms with Crippen LogP contribution in [-0.4, -0.2) is 32.1 Å². The topological polar surface area (TPSA) is 114 Å². The third-order valence-electron chi connectivity index (χ3n) is 4.20. The fraction of sp³-hybridized carbons (Fsp3) is 0.250. The Morgan fingerprint density at radius 1 is 1.03 bits per heavy atom. The molecule has 0 saturated heterocycles. The van der Waals surface area contributed by atoms with E-state index in [1.165, 1.54) is 0 Å². The van der Waals surface area contributed by atoms with Crippen molar-refractivity contribution in [3.05, 3.63) is 54.1 Å². The first-order chi connectivity index (χ1) is 13.9. The van der Waals surface area contributed by atoms with Gasteiger partial charge in [0.25, 0.3) is 0 Å². The molecule has 3 rings (SSSR count). The van der Waals surface area contributed by atoms with Crippen molar-refractivity contribution in [2.24, 2.45) is 13.0 Å². The molecule has 150 valence electrons. The van der Waals surface area contributed by atoms with Crippen LogP contribution in [0.1, 0.15) is 19.4 Å². The van der Waals surface area contributed by atoms with Crippen LogP contribution >= 0.6 is 0 Å². The number of aryl methyl sites for hydroxylation is 1. The minimum Gasteiger partial charge on any atom is -0.334 e. The fourth-order valence-electron chi connectivity index (χ4n) is 2.56. The summed E-state index contributed by atoms with van der Waals surface area (Å²) in [6, 6.07) is 14.3. The van der Waals surface area contributed by atoms with Crippen molar-refractivity contribution in [3.8, 4) is 11.4 Å². The molecule has 3 N–H and O–H groups in total. The van der Waals surface area contributed by atoms with Gasteiger partial charge in [-0.2, -0.15) is 0 Å². The average molecular weight is 393 g/mol. The predicted molar refractivity (Wildman–Crippen MR) is 110 cm³/mol. The number of benzene rings is 2. The second-order valence-electron chi connectivity index (χ2n) is 6.86. The van der Waals surface area contributed by atoms with Gasteiger partial charge < -0.3 is 16.0 Å². The lowest BCUT2D eigenvalue weighted by Crippen LogP contribution is -2.28. The van der Waals surface area contributed by atoms with Crippen LogP contribution in [0.25, 0.3) is 11.4 Å². The summed E-state index contributed by atoms with van der Waals surface area (Å²) in [4.78, 5) is 23.9. The van der Waals surface area contributed by atoms with Crippen molar-refractivity contribution in [3.63, 3.8) is 0 Å². The van der Waals surface area contributed by atoms with Gasteiger partial charge in [-0.15, -0.1) is 5.10 Å². The molecule has 0 bridgehead atoms. The molecule has 9 nitrogen and oxygen atoms in total. The number of carbonyl (C=O) groups excluding carboxylic acids is 2. The van der Waals surface area contributed by atoms with Crippen molar-refractivity contribution in [1.82, 2.24) is 25.5 Å². The van der Waals surface area contributed by atoms with Gasteiger partial charge in [0.1, 0.15) is 0 Å². The molecule has 0 saturated carbocycles. The first-order valence-electron chi connectivity index (χ1n) is 9.20.